The first kappa shape index (κ1) is 17.3. The van der Waals surface area contributed by atoms with Gasteiger partial charge in [-0.1, -0.05) is 19.1 Å². The number of hydrogen-bond donors (Lipinski definition) is 1. The molecule has 0 amide bonds. The van der Waals surface area contributed by atoms with E-state index in [1.165, 1.54) is 12.1 Å². The Labute approximate surface area is 120 Å². The van der Waals surface area contributed by atoms with Gasteiger partial charge in [0, 0.05) is 0 Å². The van der Waals surface area contributed by atoms with Gasteiger partial charge in [-0.3, -0.25) is 4.79 Å². The van der Waals surface area contributed by atoms with Gasteiger partial charge in [-0.15, -0.1) is 13.2 Å². The summed E-state index contributed by atoms with van der Waals surface area (Å²) in [5.41, 5.74) is 0.164. The molecule has 1 N–H and O–H groups in total. The second kappa shape index (κ2) is 7.31. The minimum absolute atomic E-state index is 0.164. The van der Waals surface area contributed by atoms with Crippen molar-refractivity contribution >= 4 is 5.97 Å². The molecule has 118 valence electrons. The molecule has 0 aromatic heterocycles. The van der Waals surface area contributed by atoms with Gasteiger partial charge < -0.3 is 14.6 Å². The van der Waals surface area contributed by atoms with Crippen molar-refractivity contribution < 1.29 is 32.5 Å². The van der Waals surface area contributed by atoms with Crippen molar-refractivity contribution in [1.82, 2.24) is 0 Å². The Kier molecular flexibility index (Phi) is 6.02. The third kappa shape index (κ3) is 5.26. The molecule has 0 spiro atoms. The van der Waals surface area contributed by atoms with E-state index in [-0.39, 0.29) is 12.2 Å². The van der Waals surface area contributed by atoms with Gasteiger partial charge in [0.1, 0.15) is 5.75 Å². The number of hydrogen-bond acceptors (Lipinski definition) is 4. The van der Waals surface area contributed by atoms with Gasteiger partial charge in [0.2, 0.25) is 0 Å². The average Bonchev–Trinajstić information content (AvgIpc) is 2.38. The fourth-order valence-electron chi connectivity index (χ4n) is 1.90. The Bertz CT molecular complexity index is 474. The molecule has 4 nitrogen and oxygen atoms in total. The molecule has 21 heavy (non-hydrogen) atoms. The van der Waals surface area contributed by atoms with E-state index in [0.29, 0.717) is 6.42 Å². The molecule has 7 heteroatoms. The fourth-order valence-corrected chi connectivity index (χ4v) is 1.90. The maximum absolute atomic E-state index is 12.2. The zero-order chi connectivity index (χ0) is 16.0. The minimum Gasteiger partial charge on any atom is -0.466 e. The van der Waals surface area contributed by atoms with Crippen molar-refractivity contribution in [2.24, 2.45) is 5.92 Å². The number of alkyl halides is 3. The van der Waals surface area contributed by atoms with Crippen LogP contribution in [0.15, 0.2) is 24.3 Å². The van der Waals surface area contributed by atoms with Crippen LogP contribution in [0.3, 0.4) is 0 Å². The predicted molar refractivity (Wildman–Crippen MR) is 68.5 cm³/mol. The molecule has 1 rings (SSSR count). The summed E-state index contributed by atoms with van der Waals surface area (Å²) in [5.74, 6) is -1.88. The monoisotopic (exact) mass is 306 g/mol. The number of halogens is 3. The van der Waals surface area contributed by atoms with E-state index >= 15 is 0 Å². The van der Waals surface area contributed by atoms with Gasteiger partial charge in [-0.05, 0) is 31.0 Å². The average molecular weight is 306 g/mol. The maximum atomic E-state index is 12.2. The first-order valence-corrected chi connectivity index (χ1v) is 6.48. The summed E-state index contributed by atoms with van der Waals surface area (Å²) in [6, 6.07) is 4.92. The molecule has 0 saturated carbocycles. The summed E-state index contributed by atoms with van der Waals surface area (Å²) >= 11 is 0. The fraction of sp³-hybridized carbons (Fsp3) is 0.500. The van der Waals surface area contributed by atoms with Crippen molar-refractivity contribution in [3.63, 3.8) is 0 Å². The SMILES string of the molecule is CCOC(=O)C(CC)C(O)c1cccc(OC(F)(F)F)c1. The summed E-state index contributed by atoms with van der Waals surface area (Å²) in [7, 11) is 0. The summed E-state index contributed by atoms with van der Waals surface area (Å²) in [6.45, 7) is 3.48. The number of aliphatic hydroxyl groups excluding tert-OH is 1. The Hall–Kier alpha value is -1.76. The Balaban J connectivity index is 2.93. The lowest BCUT2D eigenvalue weighted by Gasteiger charge is -2.21. The molecule has 0 radical (unpaired) electrons. The van der Waals surface area contributed by atoms with E-state index in [1.54, 1.807) is 13.8 Å². The molecule has 0 bridgehead atoms. The first-order chi connectivity index (χ1) is 9.78. The highest BCUT2D eigenvalue weighted by Gasteiger charge is 2.32. The highest BCUT2D eigenvalue weighted by molar-refractivity contribution is 5.73. The van der Waals surface area contributed by atoms with E-state index in [1.807, 2.05) is 0 Å². The van der Waals surface area contributed by atoms with Crippen molar-refractivity contribution in [3.8, 4) is 5.75 Å². The molecule has 0 aliphatic heterocycles. The number of ether oxygens (including phenoxy) is 2. The number of aliphatic hydroxyl groups is 1. The largest absolute Gasteiger partial charge is 0.573 e. The summed E-state index contributed by atoms with van der Waals surface area (Å²) < 4.78 is 45.1. The predicted octanol–water partition coefficient (Wildman–Crippen LogP) is 3.21. The Morgan fingerprint density at radius 1 is 1.33 bits per heavy atom. The molecule has 0 aliphatic rings. The molecular formula is C14H17F3O4. The van der Waals surface area contributed by atoms with Gasteiger partial charge in [0.05, 0.1) is 18.6 Å². The summed E-state index contributed by atoms with van der Waals surface area (Å²) in [4.78, 5) is 11.7. The second-order valence-corrected chi connectivity index (χ2v) is 4.33. The van der Waals surface area contributed by atoms with Crippen LogP contribution in [-0.4, -0.2) is 24.0 Å². The van der Waals surface area contributed by atoms with E-state index in [2.05, 4.69) is 4.74 Å². The van der Waals surface area contributed by atoms with Gasteiger partial charge in [-0.2, -0.15) is 0 Å². The van der Waals surface area contributed by atoms with E-state index in [4.69, 9.17) is 4.74 Å². The number of esters is 1. The van der Waals surface area contributed by atoms with Crippen molar-refractivity contribution in [2.45, 2.75) is 32.7 Å². The van der Waals surface area contributed by atoms with Crippen LogP contribution in [0.25, 0.3) is 0 Å². The van der Waals surface area contributed by atoms with Crippen molar-refractivity contribution in [2.75, 3.05) is 6.61 Å². The third-order valence-electron chi connectivity index (χ3n) is 2.84. The molecule has 0 aliphatic carbocycles. The molecule has 0 fully saturated rings. The highest BCUT2D eigenvalue weighted by atomic mass is 19.4. The Morgan fingerprint density at radius 2 is 2.00 bits per heavy atom. The van der Waals surface area contributed by atoms with Gasteiger partial charge in [0.25, 0.3) is 0 Å². The zero-order valence-electron chi connectivity index (χ0n) is 11.7. The molecule has 2 unspecified atom stereocenters. The number of rotatable bonds is 6. The first-order valence-electron chi connectivity index (χ1n) is 6.48. The zero-order valence-corrected chi connectivity index (χ0v) is 11.7. The van der Waals surface area contributed by atoms with Crippen LogP contribution in [0.1, 0.15) is 31.9 Å². The standard InChI is InChI=1S/C14H17F3O4/c1-3-11(13(19)20-4-2)12(18)9-6-5-7-10(8-9)21-14(15,16)17/h5-8,11-12,18H,3-4H2,1-2H3. The van der Waals surface area contributed by atoms with Crippen LogP contribution in [0.4, 0.5) is 13.2 Å². The number of carbonyl (C=O) groups is 1. The molecule has 2 atom stereocenters. The van der Waals surface area contributed by atoms with Crippen molar-refractivity contribution in [3.05, 3.63) is 29.8 Å². The normalized spacial score (nSPS) is 14.4. The highest BCUT2D eigenvalue weighted by Crippen LogP contribution is 2.30. The van der Waals surface area contributed by atoms with E-state index in [9.17, 15) is 23.1 Å². The van der Waals surface area contributed by atoms with E-state index in [0.717, 1.165) is 12.1 Å². The number of benzene rings is 1. The minimum atomic E-state index is -4.81. The number of carbonyl (C=O) groups excluding carboxylic acids is 1. The molecule has 1 aromatic rings. The van der Waals surface area contributed by atoms with E-state index < -0.39 is 30.1 Å². The molecular weight excluding hydrogens is 289 g/mol. The van der Waals surface area contributed by atoms with Gasteiger partial charge in [0.15, 0.2) is 0 Å². The third-order valence-corrected chi connectivity index (χ3v) is 2.84. The van der Waals surface area contributed by atoms with Gasteiger partial charge >= 0.3 is 12.3 Å². The maximum Gasteiger partial charge on any atom is 0.573 e. The lowest BCUT2D eigenvalue weighted by Crippen LogP contribution is -2.24. The van der Waals surface area contributed by atoms with Crippen LogP contribution in [0, 0.1) is 5.92 Å². The Morgan fingerprint density at radius 3 is 2.52 bits per heavy atom. The topological polar surface area (TPSA) is 55.8 Å². The van der Waals surface area contributed by atoms with Crippen LogP contribution in [-0.2, 0) is 9.53 Å². The van der Waals surface area contributed by atoms with Crippen LogP contribution in [0.5, 0.6) is 5.75 Å². The van der Waals surface area contributed by atoms with Crippen molar-refractivity contribution in [1.29, 1.82) is 0 Å². The van der Waals surface area contributed by atoms with Gasteiger partial charge in [-0.25, -0.2) is 0 Å². The smallest absolute Gasteiger partial charge is 0.466 e. The molecule has 1 aromatic carbocycles. The summed E-state index contributed by atoms with van der Waals surface area (Å²) in [5, 5.41) is 10.2. The molecule has 0 heterocycles. The lowest BCUT2D eigenvalue weighted by atomic mass is 9.93. The van der Waals surface area contributed by atoms with Crippen LogP contribution < -0.4 is 4.74 Å². The van der Waals surface area contributed by atoms with Crippen LogP contribution >= 0.6 is 0 Å². The second-order valence-electron chi connectivity index (χ2n) is 4.33. The quantitative estimate of drug-likeness (QED) is 0.820. The summed E-state index contributed by atoms with van der Waals surface area (Å²) in [6.07, 6.45) is -5.77. The molecule has 0 saturated heterocycles. The lowest BCUT2D eigenvalue weighted by molar-refractivity contribution is -0.274. The van der Waals surface area contributed by atoms with Crippen LogP contribution in [0.2, 0.25) is 0 Å².